The Balaban J connectivity index is 2.84. The molecule has 0 fully saturated rings. The predicted molar refractivity (Wildman–Crippen MR) is 42.9 cm³/mol. The molecule has 1 heterocycles. The fourth-order valence-electron chi connectivity index (χ4n) is 0.551. The van der Waals surface area contributed by atoms with Crippen molar-refractivity contribution >= 4 is 16.3 Å². The number of oxime groups is 1. The van der Waals surface area contributed by atoms with Gasteiger partial charge >= 0.3 is 15.6 Å². The molecule has 0 spiro atoms. The Bertz CT molecular complexity index is 420. The Labute approximate surface area is 82.6 Å². The van der Waals surface area contributed by atoms with Gasteiger partial charge in [0.25, 0.3) is 0 Å². The van der Waals surface area contributed by atoms with Gasteiger partial charge in [-0.1, -0.05) is 5.16 Å². The van der Waals surface area contributed by atoms with E-state index in [1.54, 1.807) is 0 Å². The summed E-state index contributed by atoms with van der Waals surface area (Å²) < 4.78 is 60.3. The van der Waals surface area contributed by atoms with E-state index in [-0.39, 0.29) is 0 Å². The van der Waals surface area contributed by atoms with Gasteiger partial charge in [0.1, 0.15) is 0 Å². The van der Waals surface area contributed by atoms with Crippen LogP contribution in [0.15, 0.2) is 29.3 Å². The summed E-state index contributed by atoms with van der Waals surface area (Å²) in [5.41, 5.74) is -5.48. The standard InChI is InChI=1S/C6H4F3NO4S/c7-6(8,9)15(11,12)14-5-2-1-3-10-13-4-5/h1-4H. The van der Waals surface area contributed by atoms with Gasteiger partial charge in [0.2, 0.25) is 0 Å². The van der Waals surface area contributed by atoms with Gasteiger partial charge in [-0.3, -0.25) is 0 Å². The number of nitrogens with zero attached hydrogens (tertiary/aromatic N) is 1. The molecule has 0 amide bonds. The Morgan fingerprint density at radius 3 is 2.67 bits per heavy atom. The molecule has 0 aromatic rings. The summed E-state index contributed by atoms with van der Waals surface area (Å²) in [5.74, 6) is -0.621. The summed E-state index contributed by atoms with van der Waals surface area (Å²) in [4.78, 5) is 4.25. The summed E-state index contributed by atoms with van der Waals surface area (Å²) in [6.45, 7) is 0. The summed E-state index contributed by atoms with van der Waals surface area (Å²) in [5, 5.41) is 3.17. The van der Waals surface area contributed by atoms with E-state index >= 15 is 0 Å². The van der Waals surface area contributed by atoms with Crippen LogP contribution in [0.25, 0.3) is 0 Å². The quantitative estimate of drug-likeness (QED) is 0.541. The smallest absolute Gasteiger partial charge is 0.373 e. The number of allylic oxidation sites excluding steroid dienone is 2. The number of rotatable bonds is 2. The zero-order valence-electron chi connectivity index (χ0n) is 6.93. The molecule has 1 rings (SSSR count). The molecule has 0 N–H and O–H groups in total. The number of alkyl halides is 3. The average Bonchev–Trinajstić information content (AvgIpc) is 2.30. The largest absolute Gasteiger partial charge is 0.534 e. The first-order valence-electron chi connectivity index (χ1n) is 3.40. The van der Waals surface area contributed by atoms with Crippen molar-refractivity contribution in [3.05, 3.63) is 24.2 Å². The Morgan fingerprint density at radius 2 is 2.07 bits per heavy atom. The van der Waals surface area contributed by atoms with E-state index in [0.29, 0.717) is 6.26 Å². The van der Waals surface area contributed by atoms with E-state index < -0.39 is 21.4 Å². The van der Waals surface area contributed by atoms with Gasteiger partial charge in [-0.05, 0) is 12.2 Å². The van der Waals surface area contributed by atoms with Gasteiger partial charge < -0.3 is 9.02 Å². The van der Waals surface area contributed by atoms with E-state index in [9.17, 15) is 21.6 Å². The molecule has 0 bridgehead atoms. The van der Waals surface area contributed by atoms with Crippen molar-refractivity contribution in [3.63, 3.8) is 0 Å². The summed E-state index contributed by atoms with van der Waals surface area (Å²) in [6.07, 6.45) is 3.85. The predicted octanol–water partition coefficient (Wildman–Crippen LogP) is 1.27. The fraction of sp³-hybridized carbons (Fsp3) is 0.167. The lowest BCUT2D eigenvalue weighted by Crippen LogP contribution is -2.25. The molecule has 15 heavy (non-hydrogen) atoms. The summed E-state index contributed by atoms with van der Waals surface area (Å²) in [7, 11) is -5.67. The lowest BCUT2D eigenvalue weighted by molar-refractivity contribution is -0.0521. The molecule has 84 valence electrons. The van der Waals surface area contributed by atoms with Crippen molar-refractivity contribution < 1.29 is 30.6 Å². The van der Waals surface area contributed by atoms with E-state index in [1.165, 1.54) is 0 Å². The number of hydrogen-bond acceptors (Lipinski definition) is 5. The first kappa shape index (κ1) is 11.6. The van der Waals surface area contributed by atoms with Crippen molar-refractivity contribution in [2.45, 2.75) is 5.51 Å². The average molecular weight is 243 g/mol. The van der Waals surface area contributed by atoms with Gasteiger partial charge in [-0.25, -0.2) is 0 Å². The van der Waals surface area contributed by atoms with Crippen molar-refractivity contribution in [1.82, 2.24) is 0 Å². The zero-order valence-corrected chi connectivity index (χ0v) is 7.75. The molecule has 9 heteroatoms. The maximum absolute atomic E-state index is 11.9. The molecule has 0 aromatic heterocycles. The van der Waals surface area contributed by atoms with Crippen LogP contribution in [-0.4, -0.2) is 20.1 Å². The van der Waals surface area contributed by atoms with Crippen LogP contribution in [0.5, 0.6) is 0 Å². The molecule has 1 aliphatic heterocycles. The Morgan fingerprint density at radius 1 is 1.40 bits per heavy atom. The second kappa shape index (κ2) is 3.93. The lowest BCUT2D eigenvalue weighted by Gasteiger charge is -2.08. The minimum Gasteiger partial charge on any atom is -0.373 e. The maximum atomic E-state index is 11.9. The number of hydrogen-bond donors (Lipinski definition) is 0. The third kappa shape index (κ3) is 2.98. The molecular weight excluding hydrogens is 239 g/mol. The van der Waals surface area contributed by atoms with Crippen LogP contribution >= 0.6 is 0 Å². The summed E-state index contributed by atoms with van der Waals surface area (Å²) in [6, 6.07) is 0. The van der Waals surface area contributed by atoms with Crippen LogP contribution < -0.4 is 0 Å². The van der Waals surface area contributed by atoms with Gasteiger partial charge in [-0.2, -0.15) is 21.6 Å². The highest BCUT2D eigenvalue weighted by Crippen LogP contribution is 2.26. The maximum Gasteiger partial charge on any atom is 0.534 e. The highest BCUT2D eigenvalue weighted by atomic mass is 32.2. The van der Waals surface area contributed by atoms with Gasteiger partial charge in [0, 0.05) is 0 Å². The van der Waals surface area contributed by atoms with Crippen LogP contribution in [0, 0.1) is 0 Å². The van der Waals surface area contributed by atoms with Crippen molar-refractivity contribution in [3.8, 4) is 0 Å². The SMILES string of the molecule is O=S(=O)(OC1=CON=CC=C1)C(F)(F)F. The molecule has 0 radical (unpaired) electrons. The van der Waals surface area contributed by atoms with Crippen LogP contribution in [-0.2, 0) is 19.1 Å². The van der Waals surface area contributed by atoms with Crippen molar-refractivity contribution in [1.29, 1.82) is 0 Å². The van der Waals surface area contributed by atoms with E-state index in [0.717, 1.165) is 18.4 Å². The van der Waals surface area contributed by atoms with Gasteiger partial charge in [-0.15, -0.1) is 0 Å². The molecular formula is C6H4F3NO4S. The molecule has 1 aliphatic rings. The Hall–Kier alpha value is -1.51. The Kier molecular flexibility index (Phi) is 3.03. The van der Waals surface area contributed by atoms with E-state index in [4.69, 9.17) is 0 Å². The zero-order chi connectivity index (χ0) is 11.5. The second-order valence-corrected chi connectivity index (χ2v) is 3.76. The van der Waals surface area contributed by atoms with Crippen LogP contribution in [0.1, 0.15) is 0 Å². The fourth-order valence-corrected chi connectivity index (χ4v) is 0.994. The molecule has 0 aromatic carbocycles. The lowest BCUT2D eigenvalue weighted by atomic mass is 10.5. The molecule has 0 aliphatic carbocycles. The third-order valence-electron chi connectivity index (χ3n) is 1.13. The highest BCUT2D eigenvalue weighted by molar-refractivity contribution is 7.87. The van der Waals surface area contributed by atoms with E-state index in [2.05, 4.69) is 14.2 Å². The van der Waals surface area contributed by atoms with E-state index in [1.807, 2.05) is 0 Å². The minimum absolute atomic E-state index is 0.621. The van der Waals surface area contributed by atoms with Crippen molar-refractivity contribution in [2.75, 3.05) is 0 Å². The third-order valence-corrected chi connectivity index (χ3v) is 2.11. The highest BCUT2D eigenvalue weighted by Gasteiger charge is 2.48. The van der Waals surface area contributed by atoms with Crippen molar-refractivity contribution in [2.24, 2.45) is 5.16 Å². The van der Waals surface area contributed by atoms with Crippen LogP contribution in [0.2, 0.25) is 0 Å². The molecule has 0 unspecified atom stereocenters. The number of halogens is 3. The normalized spacial score (nSPS) is 16.6. The summed E-state index contributed by atoms with van der Waals surface area (Å²) >= 11 is 0. The first-order valence-corrected chi connectivity index (χ1v) is 4.80. The molecule has 0 saturated heterocycles. The second-order valence-electron chi connectivity index (χ2n) is 2.22. The van der Waals surface area contributed by atoms with Crippen LogP contribution in [0.3, 0.4) is 0 Å². The molecule has 0 saturated carbocycles. The topological polar surface area (TPSA) is 65.0 Å². The van der Waals surface area contributed by atoms with Gasteiger partial charge in [0.05, 0.1) is 6.21 Å². The monoisotopic (exact) mass is 243 g/mol. The van der Waals surface area contributed by atoms with Crippen LogP contribution in [0.4, 0.5) is 13.2 Å². The minimum atomic E-state index is -5.67. The molecule has 0 atom stereocenters. The van der Waals surface area contributed by atoms with Gasteiger partial charge in [0.15, 0.2) is 12.0 Å². The molecule has 5 nitrogen and oxygen atoms in total. The first-order chi connectivity index (χ1) is 6.83.